The van der Waals surface area contributed by atoms with Crippen LogP contribution < -0.4 is 5.90 Å². The van der Waals surface area contributed by atoms with Gasteiger partial charge in [0, 0.05) is 0 Å². The third-order valence-electron chi connectivity index (χ3n) is 0.164. The topological polar surface area (TPSA) is 52.3 Å². The summed E-state index contributed by atoms with van der Waals surface area (Å²) < 4.78 is 9.20. The van der Waals surface area contributed by atoms with Crippen LogP contribution in [0, 0.1) is 0 Å². The van der Waals surface area contributed by atoms with Crippen LogP contribution >= 0.6 is 0 Å². The van der Waals surface area contributed by atoms with Gasteiger partial charge in [-0.2, -0.15) is 0 Å². The summed E-state index contributed by atoms with van der Waals surface area (Å²) in [6.45, 7) is -0.0139. The molecule has 0 aliphatic carbocycles. The van der Waals surface area contributed by atoms with E-state index in [0.717, 1.165) is 0 Å². The molecule has 0 aromatic heterocycles. The number of nitrogens with two attached hydrogens (primary N) is 1. The quantitative estimate of drug-likeness (QED) is 0.333. The van der Waals surface area contributed by atoms with Crippen molar-refractivity contribution in [2.75, 3.05) is 6.51 Å². The molecule has 0 unspecified atom stereocenters. The van der Waals surface area contributed by atoms with Gasteiger partial charge in [0.1, 0.15) is 0 Å². The van der Waals surface area contributed by atoms with Crippen LogP contribution in [-0.2, 0) is 9.54 Å². The van der Waals surface area contributed by atoms with E-state index in [1.807, 2.05) is 0 Å². The van der Waals surface area contributed by atoms with Gasteiger partial charge in [0.25, 0.3) is 0 Å². The summed E-state index contributed by atoms with van der Waals surface area (Å²) in [6, 6.07) is 0. The Morgan fingerprint density at radius 3 is 2.60 bits per heavy atom. The molecule has 28 valence electrons. The molecule has 0 aliphatic rings. The summed E-state index contributed by atoms with van der Waals surface area (Å²) in [4.78, 5) is 3.82. The maximum atomic E-state index is 9.20. The molecule has 0 bridgehead atoms. The molecule has 0 aromatic carbocycles. The van der Waals surface area contributed by atoms with Gasteiger partial charge >= 0.3 is 29.1 Å². The number of hydrogen-bond donors (Lipinski definition) is 1. The summed E-state index contributed by atoms with van der Waals surface area (Å²) in [6.07, 6.45) is 0. The first-order valence-electron chi connectivity index (χ1n) is 1.17. The van der Waals surface area contributed by atoms with Crippen molar-refractivity contribution < 1.29 is 9.54 Å². The van der Waals surface area contributed by atoms with Gasteiger partial charge in [-0.05, 0) is 0 Å². The Morgan fingerprint density at radius 1 is 2.00 bits per heavy atom. The molecule has 0 spiro atoms. The standard InChI is InChI=1S/CH4BNO2/c3-5-1-2-4/h1,3H2. The van der Waals surface area contributed by atoms with E-state index in [9.17, 15) is 4.70 Å². The van der Waals surface area contributed by atoms with Crippen LogP contribution in [0.1, 0.15) is 0 Å². The Morgan fingerprint density at radius 2 is 2.60 bits per heavy atom. The summed E-state index contributed by atoms with van der Waals surface area (Å²) in [5.41, 5.74) is 0. The zero-order valence-corrected chi connectivity index (χ0v) is 2.68. The van der Waals surface area contributed by atoms with Crippen molar-refractivity contribution in [3.63, 3.8) is 0 Å². The first kappa shape index (κ1) is 4.78. The normalized spacial score (nSPS) is 6.60. The first-order valence-corrected chi connectivity index (χ1v) is 1.17. The molecule has 5 heavy (non-hydrogen) atoms. The van der Waals surface area contributed by atoms with Gasteiger partial charge in [0.05, 0.1) is 0 Å². The van der Waals surface area contributed by atoms with Gasteiger partial charge in [0.15, 0.2) is 0 Å². The van der Waals surface area contributed by atoms with Gasteiger partial charge < -0.3 is 0 Å². The Kier molecular flexibility index (Phi) is 3.62. The summed E-state index contributed by atoms with van der Waals surface area (Å²) >= 11 is 0. The van der Waals surface area contributed by atoms with Crippen LogP contribution in [-0.4, -0.2) is 13.7 Å². The van der Waals surface area contributed by atoms with Gasteiger partial charge in [-0.15, -0.1) is 0 Å². The van der Waals surface area contributed by atoms with Crippen LogP contribution in [0.2, 0.25) is 0 Å². The molecule has 4 heteroatoms. The van der Waals surface area contributed by atoms with Crippen LogP contribution in [0.5, 0.6) is 0 Å². The second kappa shape index (κ2) is 3.78. The average Bonchev–Trinajstić information content (AvgIpc) is 1.41. The van der Waals surface area contributed by atoms with Crippen molar-refractivity contribution >= 4 is 7.15 Å². The molecule has 0 amide bonds. The molecule has 0 atom stereocenters. The van der Waals surface area contributed by atoms with E-state index in [-0.39, 0.29) is 6.51 Å². The monoisotopic (exact) mass is 73.0 g/mol. The predicted molar refractivity (Wildman–Crippen MR) is 16.6 cm³/mol. The molecule has 2 N–H and O–H groups in total. The van der Waals surface area contributed by atoms with Crippen molar-refractivity contribution in [2.24, 2.45) is 5.90 Å². The molecule has 0 fully saturated rings. The summed E-state index contributed by atoms with van der Waals surface area (Å²) in [5.74, 6) is 4.41. The van der Waals surface area contributed by atoms with Crippen LogP contribution in [0.25, 0.3) is 0 Å². The Labute approximate surface area is 30.3 Å². The van der Waals surface area contributed by atoms with Gasteiger partial charge in [-0.3, -0.25) is 0 Å². The molecule has 0 aromatic rings. The van der Waals surface area contributed by atoms with E-state index in [1.54, 1.807) is 0 Å². The van der Waals surface area contributed by atoms with Crippen molar-refractivity contribution in [3.05, 3.63) is 0 Å². The van der Waals surface area contributed by atoms with Crippen molar-refractivity contribution in [2.45, 2.75) is 0 Å². The van der Waals surface area contributed by atoms with E-state index >= 15 is 0 Å². The van der Waals surface area contributed by atoms with Gasteiger partial charge in [-0.25, -0.2) is 0 Å². The SMILES string of the molecule is NOCB=O. The predicted octanol–water partition coefficient (Wildman–Crippen LogP) is -1.12. The molecule has 0 heterocycles. The number of rotatable bonds is 2. The maximum absolute atomic E-state index is 9.20. The molecule has 0 saturated heterocycles. The van der Waals surface area contributed by atoms with E-state index in [1.165, 1.54) is 0 Å². The average molecular weight is 72.9 g/mol. The van der Waals surface area contributed by atoms with Crippen LogP contribution in [0.15, 0.2) is 0 Å². The molecular weight excluding hydrogens is 68.8 g/mol. The van der Waals surface area contributed by atoms with E-state index in [2.05, 4.69) is 10.7 Å². The summed E-state index contributed by atoms with van der Waals surface area (Å²) in [7, 11) is 0.583. The first-order chi connectivity index (χ1) is 2.41. The van der Waals surface area contributed by atoms with Gasteiger partial charge in [0.2, 0.25) is 0 Å². The second-order valence-electron chi connectivity index (χ2n) is 0.500. The van der Waals surface area contributed by atoms with Crippen molar-refractivity contribution in [1.82, 2.24) is 0 Å². The molecule has 0 aliphatic heterocycles. The molecular formula is CH4BNO2. The fourth-order valence-corrected chi connectivity index (χ4v) is 0.0393. The minimum absolute atomic E-state index is 0.0139. The van der Waals surface area contributed by atoms with Gasteiger partial charge in [-0.1, -0.05) is 0 Å². The third-order valence-corrected chi connectivity index (χ3v) is 0.164. The second-order valence-corrected chi connectivity index (χ2v) is 0.500. The molecule has 0 radical (unpaired) electrons. The fourth-order valence-electron chi connectivity index (χ4n) is 0.0393. The van der Waals surface area contributed by atoms with E-state index in [4.69, 9.17) is 0 Å². The zero-order chi connectivity index (χ0) is 4.12. The van der Waals surface area contributed by atoms with Crippen LogP contribution in [0.4, 0.5) is 0 Å². The molecule has 3 nitrogen and oxygen atoms in total. The van der Waals surface area contributed by atoms with Crippen molar-refractivity contribution in [3.8, 4) is 0 Å². The minimum atomic E-state index is -0.0139. The van der Waals surface area contributed by atoms with Crippen LogP contribution in [0.3, 0.4) is 0 Å². The fraction of sp³-hybridized carbons (Fsp3) is 1.00. The zero-order valence-electron chi connectivity index (χ0n) is 2.68. The number of hydrogen-bond acceptors (Lipinski definition) is 3. The Balaban J connectivity index is 2.40. The Hall–Kier alpha value is -0.215. The van der Waals surface area contributed by atoms with E-state index in [0.29, 0.717) is 7.15 Å². The third kappa shape index (κ3) is 3.78. The molecule has 0 rings (SSSR count). The summed E-state index contributed by atoms with van der Waals surface area (Å²) in [5, 5.41) is 0. The molecule has 0 saturated carbocycles. The Bertz CT molecular complexity index is 30.8. The van der Waals surface area contributed by atoms with E-state index < -0.39 is 0 Å². The van der Waals surface area contributed by atoms with Crippen molar-refractivity contribution in [1.29, 1.82) is 0 Å².